The third kappa shape index (κ3) is 5.62. The molecule has 1 aromatic carbocycles. The van der Waals surface area contributed by atoms with Gasteiger partial charge in [0.25, 0.3) is 0 Å². The van der Waals surface area contributed by atoms with Gasteiger partial charge >= 0.3 is 0 Å². The first-order valence-electron chi connectivity index (χ1n) is 8.99. The molecule has 0 bridgehead atoms. The van der Waals surface area contributed by atoms with Gasteiger partial charge < -0.3 is 16.0 Å². The zero-order valence-corrected chi connectivity index (χ0v) is 16.2. The molecule has 0 atom stereocenters. The van der Waals surface area contributed by atoms with Gasteiger partial charge in [-0.1, -0.05) is 39.5 Å². The summed E-state index contributed by atoms with van der Waals surface area (Å²) < 4.78 is 2.08. The van der Waals surface area contributed by atoms with Crippen LogP contribution in [0.4, 0.5) is 0 Å². The van der Waals surface area contributed by atoms with Crippen molar-refractivity contribution in [1.82, 2.24) is 4.57 Å². The largest absolute Gasteiger partial charge is 0.387 e. The normalized spacial score (nSPS) is 12.2. The molecule has 2 rings (SSSR count). The highest BCUT2D eigenvalue weighted by atomic mass is 16.1. The van der Waals surface area contributed by atoms with E-state index in [4.69, 9.17) is 11.5 Å². The summed E-state index contributed by atoms with van der Waals surface area (Å²) in [6, 6.07) is 9.23. The zero-order chi connectivity index (χ0) is 19.7. The molecule has 1 heterocycles. The molecule has 0 saturated heterocycles. The highest BCUT2D eigenvalue weighted by Gasteiger charge is 2.04. The van der Waals surface area contributed by atoms with E-state index in [0.29, 0.717) is 17.9 Å². The third-order valence-electron chi connectivity index (χ3n) is 3.80. The second-order valence-corrected chi connectivity index (χ2v) is 5.82. The first-order valence-corrected chi connectivity index (χ1v) is 8.99. The van der Waals surface area contributed by atoms with Crippen molar-refractivity contribution in [2.24, 2.45) is 16.5 Å². The molecule has 0 spiro atoms. The minimum atomic E-state index is -0.423. The van der Waals surface area contributed by atoms with E-state index in [9.17, 15) is 4.79 Å². The van der Waals surface area contributed by atoms with Crippen LogP contribution in [0.5, 0.6) is 0 Å². The van der Waals surface area contributed by atoms with Crippen molar-refractivity contribution in [2.45, 2.75) is 47.1 Å². The van der Waals surface area contributed by atoms with E-state index in [1.54, 1.807) is 12.1 Å². The van der Waals surface area contributed by atoms with Gasteiger partial charge in [0, 0.05) is 24.7 Å². The fraction of sp³-hybridized carbons (Fsp3) is 0.333. The second-order valence-electron chi connectivity index (χ2n) is 5.82. The fourth-order valence-corrected chi connectivity index (χ4v) is 2.64. The lowest BCUT2D eigenvalue weighted by atomic mass is 10.1. The topological polar surface area (TPSA) is 86.4 Å². The summed E-state index contributed by atoms with van der Waals surface area (Å²) in [5, 5.41) is 1.88. The lowest BCUT2D eigenvalue weighted by molar-refractivity contribution is 0.100. The molecule has 140 valence electrons. The molecule has 0 aliphatic heterocycles. The fourth-order valence-electron chi connectivity index (χ4n) is 2.64. The quantitative estimate of drug-likeness (QED) is 0.616. The Bertz CT molecular complexity index is 860. The van der Waals surface area contributed by atoms with Gasteiger partial charge in [0.05, 0.1) is 16.9 Å². The van der Waals surface area contributed by atoms with Crippen molar-refractivity contribution in [3.63, 3.8) is 0 Å². The molecule has 0 fully saturated rings. The number of hydrogen-bond acceptors (Lipinski definition) is 2. The minimum absolute atomic E-state index is 0.423. The van der Waals surface area contributed by atoms with Gasteiger partial charge in [-0.15, -0.1) is 0 Å². The van der Waals surface area contributed by atoms with E-state index < -0.39 is 5.91 Å². The van der Waals surface area contributed by atoms with E-state index in [2.05, 4.69) is 23.1 Å². The van der Waals surface area contributed by atoms with Gasteiger partial charge in [-0.25, -0.2) is 4.99 Å². The average Bonchev–Trinajstić information content (AvgIpc) is 2.97. The smallest absolute Gasteiger partial charge is 0.248 e. The SMILES string of the molecule is C=c1ccn(Cc2ccc(C(N)=O)cc2)/c1=C(\C)N=C(N)CCC.CC. The number of carbonyl (C=O) groups is 1. The molecule has 4 N–H and O–H groups in total. The molecule has 0 saturated carbocycles. The van der Waals surface area contributed by atoms with E-state index in [1.807, 2.05) is 45.2 Å². The Hall–Kier alpha value is -2.82. The number of aliphatic imine (C=N–C) groups is 1. The maximum absolute atomic E-state index is 11.2. The molecular formula is C21H30N4O. The molecule has 26 heavy (non-hydrogen) atoms. The van der Waals surface area contributed by atoms with Crippen LogP contribution in [0.1, 0.15) is 56.5 Å². The summed E-state index contributed by atoms with van der Waals surface area (Å²) >= 11 is 0. The molecule has 5 nitrogen and oxygen atoms in total. The van der Waals surface area contributed by atoms with Crippen LogP contribution in [-0.4, -0.2) is 16.3 Å². The van der Waals surface area contributed by atoms with E-state index in [1.165, 1.54) is 0 Å². The first-order chi connectivity index (χ1) is 12.4. The predicted octanol–water partition coefficient (Wildman–Crippen LogP) is 2.36. The Kier molecular flexibility index (Phi) is 8.35. The van der Waals surface area contributed by atoms with Crippen molar-refractivity contribution in [1.29, 1.82) is 0 Å². The van der Waals surface area contributed by atoms with Gasteiger partial charge in [-0.2, -0.15) is 0 Å². The molecule has 0 aliphatic carbocycles. The summed E-state index contributed by atoms with van der Waals surface area (Å²) in [7, 11) is 0. The number of carbonyl (C=O) groups excluding carboxylic acids is 1. The van der Waals surface area contributed by atoms with Crippen LogP contribution in [-0.2, 0) is 6.54 Å². The summed E-state index contributed by atoms with van der Waals surface area (Å²) in [6.07, 6.45) is 3.72. The molecular weight excluding hydrogens is 324 g/mol. The molecule has 1 aromatic heterocycles. The van der Waals surface area contributed by atoms with E-state index >= 15 is 0 Å². The van der Waals surface area contributed by atoms with Crippen LogP contribution in [0.2, 0.25) is 0 Å². The molecule has 0 radical (unpaired) electrons. The highest BCUT2D eigenvalue weighted by molar-refractivity contribution is 5.92. The summed E-state index contributed by atoms with van der Waals surface area (Å²) in [6.45, 7) is 12.8. The van der Waals surface area contributed by atoms with Crippen molar-refractivity contribution < 1.29 is 4.79 Å². The lowest BCUT2D eigenvalue weighted by Gasteiger charge is -2.07. The van der Waals surface area contributed by atoms with Gasteiger partial charge in [-0.3, -0.25) is 4.79 Å². The van der Waals surface area contributed by atoms with E-state index in [-0.39, 0.29) is 0 Å². The summed E-state index contributed by atoms with van der Waals surface area (Å²) in [5.74, 6) is 0.209. The van der Waals surface area contributed by atoms with Crippen molar-refractivity contribution in [3.05, 3.63) is 58.2 Å². The maximum Gasteiger partial charge on any atom is 0.248 e. The Morgan fingerprint density at radius 2 is 1.77 bits per heavy atom. The van der Waals surface area contributed by atoms with Crippen molar-refractivity contribution >= 4 is 24.0 Å². The van der Waals surface area contributed by atoms with Crippen LogP contribution >= 0.6 is 0 Å². The summed E-state index contributed by atoms with van der Waals surface area (Å²) in [5.41, 5.74) is 13.6. The van der Waals surface area contributed by atoms with Crippen molar-refractivity contribution in [3.8, 4) is 0 Å². The van der Waals surface area contributed by atoms with Crippen LogP contribution in [0, 0.1) is 0 Å². The third-order valence-corrected chi connectivity index (χ3v) is 3.80. The number of nitrogens with two attached hydrogens (primary N) is 2. The van der Waals surface area contributed by atoms with Crippen LogP contribution in [0.25, 0.3) is 12.3 Å². The molecule has 2 aromatic rings. The Morgan fingerprint density at radius 1 is 1.15 bits per heavy atom. The van der Waals surface area contributed by atoms with E-state index in [0.717, 1.165) is 34.7 Å². The monoisotopic (exact) mass is 354 g/mol. The zero-order valence-electron chi connectivity index (χ0n) is 16.2. The first kappa shape index (κ1) is 21.2. The van der Waals surface area contributed by atoms with Gasteiger partial charge in [0.2, 0.25) is 5.91 Å². The molecule has 5 heteroatoms. The standard InChI is InChI=1S/C19H24N4O.C2H6/c1-4-5-17(20)22-14(3)18-13(2)10-11-23(18)12-15-6-8-16(9-7-15)19(21)24;1-2/h6-11H,2,4-5,12H2,1,3H3,(H2,20,22)(H2,21,24);1-2H3/b18-14+;. The van der Waals surface area contributed by atoms with Crippen LogP contribution in [0.15, 0.2) is 41.5 Å². The lowest BCUT2D eigenvalue weighted by Crippen LogP contribution is -2.30. The van der Waals surface area contributed by atoms with Crippen LogP contribution in [0.3, 0.4) is 0 Å². The molecule has 0 aliphatic rings. The number of nitrogens with zero attached hydrogens (tertiary/aromatic N) is 2. The van der Waals surface area contributed by atoms with Crippen LogP contribution < -0.4 is 22.0 Å². The molecule has 1 amide bonds. The average molecular weight is 354 g/mol. The highest BCUT2D eigenvalue weighted by Crippen LogP contribution is 2.05. The Balaban J connectivity index is 0.00000163. The number of amidine groups is 1. The minimum Gasteiger partial charge on any atom is -0.387 e. The summed E-state index contributed by atoms with van der Waals surface area (Å²) in [4.78, 5) is 15.7. The number of hydrogen-bond donors (Lipinski definition) is 2. The van der Waals surface area contributed by atoms with Gasteiger partial charge in [-0.05, 0) is 42.3 Å². The van der Waals surface area contributed by atoms with Crippen molar-refractivity contribution in [2.75, 3.05) is 0 Å². The number of benzene rings is 1. The second kappa shape index (κ2) is 10.2. The number of aromatic nitrogens is 1. The number of amides is 1. The number of rotatable bonds is 6. The van der Waals surface area contributed by atoms with Gasteiger partial charge in [0.15, 0.2) is 0 Å². The Morgan fingerprint density at radius 3 is 2.31 bits per heavy atom. The van der Waals surface area contributed by atoms with Gasteiger partial charge in [0.1, 0.15) is 0 Å². The number of primary amides is 1. The Labute approximate surface area is 155 Å². The molecule has 0 unspecified atom stereocenters. The predicted molar refractivity (Wildman–Crippen MR) is 110 cm³/mol. The maximum atomic E-state index is 11.2.